The van der Waals surface area contributed by atoms with Crippen molar-refractivity contribution in [2.75, 3.05) is 39.6 Å². The van der Waals surface area contributed by atoms with Gasteiger partial charge in [0.1, 0.15) is 24.7 Å². The first kappa shape index (κ1) is 36.3. The Balaban J connectivity index is 1.28. The smallest absolute Gasteiger partial charge is 0.306 e. The lowest BCUT2D eigenvalue weighted by atomic mass is 9.96. The molecule has 258 valence electrons. The summed E-state index contributed by atoms with van der Waals surface area (Å²) in [4.78, 5) is 36.1. The highest BCUT2D eigenvalue weighted by atomic mass is 16.6. The van der Waals surface area contributed by atoms with Gasteiger partial charge in [-0.05, 0) is 112 Å². The first-order valence-corrected chi connectivity index (χ1v) is 17.1. The minimum Gasteiger partial charge on any atom is -0.494 e. The predicted molar refractivity (Wildman–Crippen MR) is 183 cm³/mol. The lowest BCUT2D eigenvalue weighted by molar-refractivity contribution is -0.144. The van der Waals surface area contributed by atoms with E-state index in [0.717, 1.165) is 65.9 Å². The Morgan fingerprint density at radius 1 is 0.688 bits per heavy atom. The van der Waals surface area contributed by atoms with E-state index in [2.05, 4.69) is 6.07 Å². The summed E-state index contributed by atoms with van der Waals surface area (Å²) in [6, 6.07) is 17.4. The molecule has 1 heterocycles. The fourth-order valence-corrected chi connectivity index (χ4v) is 5.59. The molecule has 9 heteroatoms. The van der Waals surface area contributed by atoms with Crippen molar-refractivity contribution in [1.29, 1.82) is 0 Å². The second-order valence-corrected chi connectivity index (χ2v) is 11.6. The average molecular weight is 661 g/mol. The number of hydrogen-bond acceptors (Lipinski definition) is 9. The van der Waals surface area contributed by atoms with E-state index >= 15 is 0 Å². The maximum absolute atomic E-state index is 12.3. The first-order chi connectivity index (χ1) is 23.4. The molecule has 3 aromatic rings. The van der Waals surface area contributed by atoms with E-state index in [4.69, 9.17) is 28.4 Å². The number of aryl methyl sites for hydroxylation is 1. The van der Waals surface area contributed by atoms with E-state index in [-0.39, 0.29) is 24.1 Å². The molecular weight excluding hydrogens is 612 g/mol. The van der Waals surface area contributed by atoms with Crippen LogP contribution in [0.2, 0.25) is 0 Å². The molecular formula is C39H48O9. The number of hydrogen-bond donors (Lipinski definition) is 0. The van der Waals surface area contributed by atoms with Gasteiger partial charge in [-0.25, -0.2) is 0 Å². The normalized spacial score (nSPS) is 11.9. The molecule has 9 nitrogen and oxygen atoms in total. The van der Waals surface area contributed by atoms with Gasteiger partial charge in [0, 0.05) is 18.4 Å². The number of rotatable bonds is 20. The van der Waals surface area contributed by atoms with Crippen molar-refractivity contribution in [3.8, 4) is 34.1 Å². The summed E-state index contributed by atoms with van der Waals surface area (Å²) < 4.78 is 33.8. The molecule has 0 N–H and O–H groups in total. The van der Waals surface area contributed by atoms with Crippen LogP contribution in [0, 0.1) is 0 Å². The summed E-state index contributed by atoms with van der Waals surface area (Å²) in [5.41, 5.74) is 4.59. The van der Waals surface area contributed by atoms with Crippen LogP contribution in [0.3, 0.4) is 0 Å². The van der Waals surface area contributed by atoms with Gasteiger partial charge >= 0.3 is 11.9 Å². The van der Waals surface area contributed by atoms with E-state index < -0.39 is 0 Å². The summed E-state index contributed by atoms with van der Waals surface area (Å²) in [7, 11) is 0. The first-order valence-electron chi connectivity index (χ1n) is 17.1. The Hall–Kier alpha value is -4.53. The van der Waals surface area contributed by atoms with Gasteiger partial charge in [-0.15, -0.1) is 0 Å². The number of unbranched alkanes of at least 4 members (excludes halogenated alkanes) is 3. The molecule has 0 amide bonds. The van der Waals surface area contributed by atoms with Gasteiger partial charge in [-0.2, -0.15) is 0 Å². The third-order valence-corrected chi connectivity index (χ3v) is 8.00. The zero-order valence-electron chi connectivity index (χ0n) is 28.5. The highest BCUT2D eigenvalue weighted by Crippen LogP contribution is 2.36. The lowest BCUT2D eigenvalue weighted by Gasteiger charge is -2.19. The third-order valence-electron chi connectivity index (χ3n) is 8.00. The molecule has 0 aliphatic carbocycles. The maximum atomic E-state index is 12.3. The van der Waals surface area contributed by atoms with Crippen LogP contribution in [0.4, 0.5) is 0 Å². The van der Waals surface area contributed by atoms with E-state index in [1.807, 2.05) is 42.5 Å². The van der Waals surface area contributed by atoms with Crippen LogP contribution in [0.15, 0.2) is 54.6 Å². The minimum atomic E-state index is -0.229. The quantitative estimate of drug-likeness (QED) is 0.0684. The zero-order valence-corrected chi connectivity index (χ0v) is 28.5. The Kier molecular flexibility index (Phi) is 14.6. The number of esters is 2. The largest absolute Gasteiger partial charge is 0.494 e. The van der Waals surface area contributed by atoms with Crippen molar-refractivity contribution in [2.24, 2.45) is 0 Å². The molecule has 3 aromatic carbocycles. The van der Waals surface area contributed by atoms with Crippen LogP contribution in [-0.2, 0) is 31.9 Å². The molecule has 0 unspecified atom stereocenters. The van der Waals surface area contributed by atoms with Crippen LogP contribution >= 0.6 is 0 Å². The second-order valence-electron chi connectivity index (χ2n) is 11.6. The van der Waals surface area contributed by atoms with Crippen LogP contribution in [0.25, 0.3) is 11.1 Å². The lowest BCUT2D eigenvalue weighted by Crippen LogP contribution is -2.15. The van der Waals surface area contributed by atoms with Gasteiger partial charge < -0.3 is 28.4 Å². The van der Waals surface area contributed by atoms with Gasteiger partial charge in [0.25, 0.3) is 0 Å². The molecule has 48 heavy (non-hydrogen) atoms. The average Bonchev–Trinajstić information content (AvgIpc) is 3.09. The van der Waals surface area contributed by atoms with Crippen LogP contribution in [0.1, 0.15) is 87.2 Å². The topological polar surface area (TPSA) is 107 Å². The molecule has 0 atom stereocenters. The van der Waals surface area contributed by atoms with Gasteiger partial charge in [0.15, 0.2) is 17.3 Å². The standard InChI is InChI=1S/C39H48O9/c1-4-43-38(41)15-11-21-46-35-14-10-13-29(34(35)17-19-39(42)44-5-2)12-8-6-7-9-20-45-33-25-31(28(3)40)24-32(26-33)30-16-18-36-37(27-30)48-23-22-47-36/h10,13-14,16,18,24-27H,4-9,11-12,15,17,19-23H2,1-3H3. The van der Waals surface area contributed by atoms with Crippen molar-refractivity contribution >= 4 is 17.7 Å². The SMILES string of the molecule is CCOC(=O)CCCOc1cccc(CCCCCCOc2cc(C(C)=O)cc(-c3ccc4c(c3)OCCO4)c2)c1CCC(=O)OCC. The summed E-state index contributed by atoms with van der Waals surface area (Å²) in [5, 5.41) is 0. The highest BCUT2D eigenvalue weighted by molar-refractivity contribution is 5.96. The van der Waals surface area contributed by atoms with Crippen LogP contribution in [-0.4, -0.2) is 57.4 Å². The number of ketones is 1. The molecule has 0 bridgehead atoms. The Morgan fingerprint density at radius 3 is 2.19 bits per heavy atom. The number of Topliss-reactive ketones (excluding diaryl/α,β-unsaturated/α-hetero) is 1. The third kappa shape index (κ3) is 11.3. The highest BCUT2D eigenvalue weighted by Gasteiger charge is 2.15. The van der Waals surface area contributed by atoms with E-state index in [1.54, 1.807) is 26.8 Å². The molecule has 0 spiro atoms. The second kappa shape index (κ2) is 19.3. The van der Waals surface area contributed by atoms with Crippen molar-refractivity contribution in [1.82, 2.24) is 0 Å². The fraction of sp³-hybridized carbons (Fsp3) is 0.462. The van der Waals surface area contributed by atoms with Gasteiger partial charge in [0.05, 0.1) is 26.4 Å². The Labute approximate surface area is 283 Å². The number of benzene rings is 3. The van der Waals surface area contributed by atoms with Gasteiger partial charge in [-0.1, -0.05) is 31.0 Å². The van der Waals surface area contributed by atoms with Crippen molar-refractivity contribution in [2.45, 2.75) is 78.6 Å². The molecule has 0 saturated heterocycles. The number of fused-ring (bicyclic) bond motifs is 1. The maximum Gasteiger partial charge on any atom is 0.306 e. The molecule has 0 radical (unpaired) electrons. The van der Waals surface area contributed by atoms with Gasteiger partial charge in [0.2, 0.25) is 0 Å². The van der Waals surface area contributed by atoms with Crippen molar-refractivity contribution in [3.05, 3.63) is 71.3 Å². The van der Waals surface area contributed by atoms with E-state index in [9.17, 15) is 14.4 Å². The number of ether oxygens (including phenoxy) is 6. The molecule has 4 rings (SSSR count). The minimum absolute atomic E-state index is 0.0213. The molecule has 0 aromatic heterocycles. The summed E-state index contributed by atoms with van der Waals surface area (Å²) in [6.45, 7) is 7.85. The fourth-order valence-electron chi connectivity index (χ4n) is 5.59. The van der Waals surface area contributed by atoms with Gasteiger partial charge in [-0.3, -0.25) is 14.4 Å². The molecule has 0 fully saturated rings. The molecule has 1 aliphatic rings. The number of carbonyl (C=O) groups excluding carboxylic acids is 3. The molecule has 1 aliphatic heterocycles. The monoisotopic (exact) mass is 660 g/mol. The zero-order chi connectivity index (χ0) is 34.1. The Morgan fingerprint density at radius 2 is 1.42 bits per heavy atom. The van der Waals surface area contributed by atoms with Crippen LogP contribution < -0.4 is 18.9 Å². The van der Waals surface area contributed by atoms with E-state index in [0.29, 0.717) is 76.0 Å². The van der Waals surface area contributed by atoms with Crippen molar-refractivity contribution in [3.63, 3.8) is 0 Å². The predicted octanol–water partition coefficient (Wildman–Crippen LogP) is 7.73. The summed E-state index contributed by atoms with van der Waals surface area (Å²) in [6.07, 6.45) is 6.39. The number of carbonyl (C=O) groups is 3. The summed E-state index contributed by atoms with van der Waals surface area (Å²) in [5.74, 6) is 2.36. The Bertz CT molecular complexity index is 1510. The van der Waals surface area contributed by atoms with Crippen LogP contribution in [0.5, 0.6) is 23.0 Å². The summed E-state index contributed by atoms with van der Waals surface area (Å²) >= 11 is 0. The molecule has 0 saturated carbocycles. The van der Waals surface area contributed by atoms with Crippen molar-refractivity contribution < 1.29 is 42.8 Å². The van der Waals surface area contributed by atoms with E-state index in [1.165, 1.54) is 0 Å².